The molecule has 2 amide bonds. The summed E-state index contributed by atoms with van der Waals surface area (Å²) >= 11 is 0. The summed E-state index contributed by atoms with van der Waals surface area (Å²) in [6, 6.07) is 9.89. The quantitative estimate of drug-likeness (QED) is 0.900. The predicted octanol–water partition coefficient (Wildman–Crippen LogP) is 3.12. The first-order valence-electron chi connectivity index (χ1n) is 8.04. The Morgan fingerprint density at radius 1 is 1.13 bits per heavy atom. The van der Waals surface area contributed by atoms with Crippen LogP contribution in [0.2, 0.25) is 0 Å². The number of aliphatic imine (C=N–C) groups is 1. The second kappa shape index (κ2) is 6.32. The lowest BCUT2D eigenvalue weighted by atomic mass is 10.1. The lowest BCUT2D eigenvalue weighted by Gasteiger charge is -2.31. The molecule has 0 unspecified atom stereocenters. The van der Waals surface area contributed by atoms with Gasteiger partial charge in [-0.05, 0) is 47.1 Å². The van der Waals surface area contributed by atoms with E-state index < -0.39 is 0 Å². The molecular formula is C18H28N4O. The summed E-state index contributed by atoms with van der Waals surface area (Å²) in [5.74, 6) is 0.688. The van der Waals surface area contributed by atoms with Crippen molar-refractivity contribution >= 4 is 11.9 Å². The van der Waals surface area contributed by atoms with Gasteiger partial charge in [-0.1, -0.05) is 30.3 Å². The third-order valence-corrected chi connectivity index (χ3v) is 3.29. The lowest BCUT2D eigenvalue weighted by molar-refractivity contribution is 0.184. The Kier molecular flexibility index (Phi) is 4.80. The maximum absolute atomic E-state index is 12.5. The number of urea groups is 1. The molecule has 1 saturated heterocycles. The van der Waals surface area contributed by atoms with E-state index in [1.807, 2.05) is 51.1 Å². The van der Waals surface area contributed by atoms with Crippen molar-refractivity contribution in [3.63, 3.8) is 0 Å². The van der Waals surface area contributed by atoms with E-state index in [2.05, 4.69) is 31.4 Å². The molecule has 1 aromatic carbocycles. The Bertz CT molecular complexity index is 581. The fourth-order valence-corrected chi connectivity index (χ4v) is 2.46. The number of amides is 2. The monoisotopic (exact) mass is 316 g/mol. The minimum absolute atomic E-state index is 0.112. The molecule has 1 heterocycles. The van der Waals surface area contributed by atoms with E-state index in [0.717, 1.165) is 5.56 Å². The van der Waals surface area contributed by atoms with Gasteiger partial charge in [0.2, 0.25) is 0 Å². The van der Waals surface area contributed by atoms with E-state index in [0.29, 0.717) is 12.4 Å². The van der Waals surface area contributed by atoms with Gasteiger partial charge in [0.1, 0.15) is 12.0 Å². The van der Waals surface area contributed by atoms with Gasteiger partial charge < -0.3 is 0 Å². The van der Waals surface area contributed by atoms with Crippen LogP contribution in [0.5, 0.6) is 0 Å². The Morgan fingerprint density at radius 2 is 1.74 bits per heavy atom. The number of hydrogen-bond donors (Lipinski definition) is 2. The van der Waals surface area contributed by atoms with Crippen LogP contribution in [0, 0.1) is 0 Å². The normalized spacial score (nSPS) is 21.0. The average Bonchev–Trinajstić information content (AvgIpc) is 2.64. The minimum Gasteiger partial charge on any atom is -0.297 e. The highest BCUT2D eigenvalue weighted by Gasteiger charge is 2.39. The summed E-state index contributed by atoms with van der Waals surface area (Å²) in [6.45, 7) is 12.9. The minimum atomic E-state index is -0.248. The highest BCUT2D eigenvalue weighted by Crippen LogP contribution is 2.18. The molecule has 5 heteroatoms. The van der Waals surface area contributed by atoms with Gasteiger partial charge in [-0.25, -0.2) is 4.79 Å². The van der Waals surface area contributed by atoms with Crippen LogP contribution in [-0.4, -0.2) is 34.0 Å². The van der Waals surface area contributed by atoms with Gasteiger partial charge >= 0.3 is 6.03 Å². The van der Waals surface area contributed by atoms with E-state index in [4.69, 9.17) is 4.99 Å². The van der Waals surface area contributed by atoms with Crippen molar-refractivity contribution in [2.24, 2.45) is 4.99 Å². The zero-order valence-corrected chi connectivity index (χ0v) is 15.0. The van der Waals surface area contributed by atoms with Crippen molar-refractivity contribution in [3.05, 3.63) is 35.9 Å². The van der Waals surface area contributed by atoms with Crippen LogP contribution < -0.4 is 10.6 Å². The average molecular weight is 316 g/mol. The highest BCUT2D eigenvalue weighted by molar-refractivity contribution is 6.07. The fourth-order valence-electron chi connectivity index (χ4n) is 2.46. The Morgan fingerprint density at radius 3 is 2.26 bits per heavy atom. The van der Waals surface area contributed by atoms with Gasteiger partial charge in [-0.15, -0.1) is 0 Å². The topological polar surface area (TPSA) is 56.7 Å². The molecular weight excluding hydrogens is 288 g/mol. The van der Waals surface area contributed by atoms with Crippen LogP contribution in [0.4, 0.5) is 4.79 Å². The van der Waals surface area contributed by atoms with Gasteiger partial charge in [0, 0.05) is 12.1 Å². The van der Waals surface area contributed by atoms with Crippen LogP contribution in [0.25, 0.3) is 0 Å². The van der Waals surface area contributed by atoms with Crippen molar-refractivity contribution in [1.82, 2.24) is 15.5 Å². The Labute approximate surface area is 139 Å². The number of carbonyl (C=O) groups is 1. The van der Waals surface area contributed by atoms with E-state index in [1.165, 1.54) is 0 Å². The van der Waals surface area contributed by atoms with E-state index >= 15 is 0 Å². The molecule has 0 aliphatic carbocycles. The van der Waals surface area contributed by atoms with Gasteiger partial charge in [0.15, 0.2) is 0 Å². The van der Waals surface area contributed by atoms with Gasteiger partial charge in [0.05, 0.1) is 5.54 Å². The van der Waals surface area contributed by atoms with Crippen LogP contribution >= 0.6 is 0 Å². The molecule has 1 aromatic rings. The molecule has 1 atom stereocenters. The zero-order chi connectivity index (χ0) is 17.3. The molecule has 1 fully saturated rings. The van der Waals surface area contributed by atoms with Gasteiger partial charge in [0.25, 0.3) is 0 Å². The fraction of sp³-hybridized carbons (Fsp3) is 0.556. The van der Waals surface area contributed by atoms with Gasteiger partial charge in [-0.3, -0.25) is 20.5 Å². The third kappa shape index (κ3) is 5.06. The van der Waals surface area contributed by atoms with Crippen molar-refractivity contribution in [1.29, 1.82) is 0 Å². The molecule has 1 aliphatic rings. The molecule has 23 heavy (non-hydrogen) atoms. The lowest BCUT2D eigenvalue weighted by Crippen LogP contribution is -2.53. The van der Waals surface area contributed by atoms with Crippen LogP contribution in [0.15, 0.2) is 35.3 Å². The summed E-state index contributed by atoms with van der Waals surface area (Å²) in [5.41, 5.74) is 0.716. The molecule has 0 spiro atoms. The number of amidine groups is 1. The Hall–Kier alpha value is -1.88. The first kappa shape index (κ1) is 17.5. The maximum Gasteiger partial charge on any atom is 0.324 e. The van der Waals surface area contributed by atoms with Crippen molar-refractivity contribution in [2.75, 3.05) is 0 Å². The van der Waals surface area contributed by atoms with Crippen LogP contribution in [0.1, 0.15) is 47.1 Å². The van der Waals surface area contributed by atoms with E-state index in [-0.39, 0.29) is 23.3 Å². The summed E-state index contributed by atoms with van der Waals surface area (Å²) < 4.78 is 0. The van der Waals surface area contributed by atoms with Crippen LogP contribution in [0.3, 0.4) is 0 Å². The molecule has 0 aromatic heterocycles. The van der Waals surface area contributed by atoms with Crippen molar-refractivity contribution in [3.8, 4) is 0 Å². The maximum atomic E-state index is 12.5. The zero-order valence-electron chi connectivity index (χ0n) is 15.0. The molecule has 2 N–H and O–H groups in total. The molecule has 1 aliphatic heterocycles. The largest absolute Gasteiger partial charge is 0.324 e. The summed E-state index contributed by atoms with van der Waals surface area (Å²) in [4.78, 5) is 19.0. The van der Waals surface area contributed by atoms with E-state index in [9.17, 15) is 4.79 Å². The number of nitrogens with zero attached hydrogens (tertiary/aromatic N) is 2. The number of hydrogen-bond acceptors (Lipinski definition) is 3. The first-order chi connectivity index (χ1) is 10.6. The van der Waals surface area contributed by atoms with Crippen molar-refractivity contribution < 1.29 is 4.79 Å². The highest BCUT2D eigenvalue weighted by atomic mass is 16.2. The molecule has 126 valence electrons. The smallest absolute Gasteiger partial charge is 0.297 e. The summed E-state index contributed by atoms with van der Waals surface area (Å²) in [6.07, 6.45) is -0.248. The third-order valence-electron chi connectivity index (χ3n) is 3.29. The number of benzene rings is 1. The predicted molar refractivity (Wildman–Crippen MR) is 94.4 cm³/mol. The van der Waals surface area contributed by atoms with E-state index in [1.54, 1.807) is 4.90 Å². The Balaban J connectivity index is 2.31. The SMILES string of the molecule is CC(C)(C)N=C1NC(=O)N(Cc2ccccc2)[C@@H]1NC(C)(C)C. The molecule has 0 bridgehead atoms. The van der Waals surface area contributed by atoms with Crippen molar-refractivity contribution in [2.45, 2.75) is 65.3 Å². The number of rotatable bonds is 3. The number of carbonyl (C=O) groups excluding carboxylic acids is 1. The van der Waals surface area contributed by atoms with Crippen LogP contribution in [-0.2, 0) is 6.54 Å². The number of nitrogens with one attached hydrogen (secondary N) is 2. The standard InChI is InChI=1S/C18H28N4O/c1-17(2,3)20-14-15(21-18(4,5)6)22(16(23)19-14)12-13-10-8-7-9-11-13/h7-11,15,21H,12H2,1-6H3,(H,19,20,23)/t15-/m0/s1. The summed E-state index contributed by atoms with van der Waals surface area (Å²) in [5, 5.41) is 6.43. The molecule has 0 radical (unpaired) electrons. The first-order valence-corrected chi connectivity index (χ1v) is 8.04. The molecule has 0 saturated carbocycles. The van der Waals surface area contributed by atoms with Gasteiger partial charge in [-0.2, -0.15) is 0 Å². The summed E-state index contributed by atoms with van der Waals surface area (Å²) in [7, 11) is 0. The molecule has 5 nitrogen and oxygen atoms in total. The second-order valence-corrected chi connectivity index (χ2v) is 8.01. The molecule has 2 rings (SSSR count). The second-order valence-electron chi connectivity index (χ2n) is 8.01.